The fraction of sp³-hybridized carbons (Fsp3) is 0.400. The van der Waals surface area contributed by atoms with Crippen LogP contribution >= 0.6 is 0 Å². The van der Waals surface area contributed by atoms with Gasteiger partial charge in [0.05, 0.1) is 11.0 Å². The molecule has 0 fully saturated rings. The topological polar surface area (TPSA) is 153 Å². The molecule has 102 valence electrons. The first-order valence-corrected chi connectivity index (χ1v) is 5.31. The molecule has 0 radical (unpaired) electrons. The van der Waals surface area contributed by atoms with Crippen LogP contribution in [-0.2, 0) is 0 Å². The molecular formula is C10H12N4O5. The van der Waals surface area contributed by atoms with Crippen molar-refractivity contribution in [1.29, 1.82) is 0 Å². The summed E-state index contributed by atoms with van der Waals surface area (Å²) in [6.07, 6.45) is -2.58. The summed E-state index contributed by atoms with van der Waals surface area (Å²) < 4.78 is 0. The summed E-state index contributed by atoms with van der Waals surface area (Å²) in [6, 6.07) is 3.32. The summed E-state index contributed by atoms with van der Waals surface area (Å²) in [5, 5.41) is 42.5. The first kappa shape index (κ1) is 14.7. The second kappa shape index (κ2) is 6.55. The first-order chi connectivity index (χ1) is 8.97. The van der Waals surface area contributed by atoms with Gasteiger partial charge in [0.15, 0.2) is 5.75 Å². The van der Waals surface area contributed by atoms with Gasteiger partial charge in [-0.2, -0.15) is 0 Å². The summed E-state index contributed by atoms with van der Waals surface area (Å²) in [6.45, 7) is -0.00506. The minimum absolute atomic E-state index is 0.00506. The number of nitro benzene ring substituents is 1. The highest BCUT2D eigenvalue weighted by atomic mass is 16.6. The van der Waals surface area contributed by atoms with Crippen LogP contribution in [0.5, 0.6) is 5.75 Å². The smallest absolute Gasteiger partial charge is 0.311 e. The second-order valence-corrected chi connectivity index (χ2v) is 3.76. The number of azide groups is 1. The molecule has 2 atom stereocenters. The highest BCUT2D eigenvalue weighted by Gasteiger charge is 2.22. The third kappa shape index (κ3) is 3.81. The van der Waals surface area contributed by atoms with Crippen LogP contribution in [0.2, 0.25) is 0 Å². The number of nitro groups is 1. The Balaban J connectivity index is 2.87. The lowest BCUT2D eigenvalue weighted by Gasteiger charge is -2.17. The maximum atomic E-state index is 10.6. The molecule has 0 spiro atoms. The number of hydrogen-bond donors (Lipinski definition) is 3. The lowest BCUT2D eigenvalue weighted by molar-refractivity contribution is -0.386. The van der Waals surface area contributed by atoms with E-state index in [1.54, 1.807) is 0 Å². The third-order valence-electron chi connectivity index (χ3n) is 2.49. The van der Waals surface area contributed by atoms with Crippen molar-refractivity contribution in [3.63, 3.8) is 0 Å². The SMILES string of the molecule is [N-]=[N+]=NCCC(O)C(O)c1ccc(O)c([N+](=O)[O-])c1. The van der Waals surface area contributed by atoms with E-state index in [0.29, 0.717) is 0 Å². The lowest BCUT2D eigenvalue weighted by atomic mass is 10.0. The van der Waals surface area contributed by atoms with E-state index in [4.69, 9.17) is 5.53 Å². The van der Waals surface area contributed by atoms with Gasteiger partial charge in [0.1, 0.15) is 6.10 Å². The molecule has 9 nitrogen and oxygen atoms in total. The first-order valence-electron chi connectivity index (χ1n) is 5.31. The van der Waals surface area contributed by atoms with Gasteiger partial charge in [-0.15, -0.1) is 0 Å². The summed E-state index contributed by atoms with van der Waals surface area (Å²) in [4.78, 5) is 12.3. The van der Waals surface area contributed by atoms with Crippen LogP contribution in [0.15, 0.2) is 23.3 Å². The molecular weight excluding hydrogens is 256 g/mol. The van der Waals surface area contributed by atoms with Crippen LogP contribution in [0.3, 0.4) is 0 Å². The van der Waals surface area contributed by atoms with Crippen molar-refractivity contribution in [2.45, 2.75) is 18.6 Å². The molecule has 2 unspecified atom stereocenters. The monoisotopic (exact) mass is 268 g/mol. The molecule has 9 heteroatoms. The maximum absolute atomic E-state index is 10.6. The van der Waals surface area contributed by atoms with Gasteiger partial charge in [0, 0.05) is 17.5 Å². The molecule has 19 heavy (non-hydrogen) atoms. The normalized spacial score (nSPS) is 13.4. The Morgan fingerprint density at radius 2 is 2.16 bits per heavy atom. The largest absolute Gasteiger partial charge is 0.502 e. The molecule has 1 aromatic rings. The molecule has 0 aliphatic carbocycles. The average molecular weight is 268 g/mol. The van der Waals surface area contributed by atoms with Gasteiger partial charge in [-0.05, 0) is 23.6 Å². The number of hydrogen-bond acceptors (Lipinski definition) is 6. The Morgan fingerprint density at radius 1 is 1.47 bits per heavy atom. The Morgan fingerprint density at radius 3 is 2.74 bits per heavy atom. The standard InChI is InChI=1S/C10H12N4O5/c11-13-12-4-3-9(16)10(17)6-1-2-8(15)7(5-6)14(18)19/h1-2,5,9-10,15-17H,3-4H2. The van der Waals surface area contributed by atoms with E-state index in [1.807, 2.05) is 0 Å². The van der Waals surface area contributed by atoms with Gasteiger partial charge >= 0.3 is 5.69 Å². The van der Waals surface area contributed by atoms with Crippen molar-refractivity contribution in [3.05, 3.63) is 44.3 Å². The van der Waals surface area contributed by atoms with Gasteiger partial charge in [0.2, 0.25) is 0 Å². The molecule has 0 aliphatic heterocycles. The minimum Gasteiger partial charge on any atom is -0.502 e. The quantitative estimate of drug-likeness (QED) is 0.234. The van der Waals surface area contributed by atoms with Crippen molar-refractivity contribution in [3.8, 4) is 5.75 Å². The van der Waals surface area contributed by atoms with Crippen molar-refractivity contribution >= 4 is 5.69 Å². The van der Waals surface area contributed by atoms with Crippen molar-refractivity contribution in [2.75, 3.05) is 6.54 Å². The Hall–Kier alpha value is -2.35. The van der Waals surface area contributed by atoms with E-state index in [2.05, 4.69) is 10.0 Å². The van der Waals surface area contributed by atoms with Crippen LogP contribution in [0.1, 0.15) is 18.1 Å². The zero-order valence-corrected chi connectivity index (χ0v) is 9.75. The van der Waals surface area contributed by atoms with E-state index in [1.165, 1.54) is 6.07 Å². The number of phenols is 1. The van der Waals surface area contributed by atoms with E-state index in [9.17, 15) is 25.4 Å². The number of rotatable bonds is 6. The second-order valence-electron chi connectivity index (χ2n) is 3.76. The minimum atomic E-state index is -1.37. The van der Waals surface area contributed by atoms with Crippen molar-refractivity contribution in [2.24, 2.45) is 5.11 Å². The molecule has 1 aromatic carbocycles. The maximum Gasteiger partial charge on any atom is 0.311 e. The molecule has 0 saturated carbocycles. The molecule has 0 heterocycles. The van der Waals surface area contributed by atoms with Gasteiger partial charge in [-0.25, -0.2) is 0 Å². The van der Waals surface area contributed by atoms with Crippen LogP contribution in [0.25, 0.3) is 10.4 Å². The molecule has 3 N–H and O–H groups in total. The lowest BCUT2D eigenvalue weighted by Crippen LogP contribution is -2.19. The summed E-state index contributed by atoms with van der Waals surface area (Å²) in [5.41, 5.74) is 7.61. The van der Waals surface area contributed by atoms with Crippen LogP contribution < -0.4 is 0 Å². The highest BCUT2D eigenvalue weighted by Crippen LogP contribution is 2.30. The zero-order chi connectivity index (χ0) is 14.4. The Kier molecular flexibility index (Phi) is 5.07. The number of phenolic OH excluding ortho intramolecular Hbond substituents is 1. The number of aromatic hydroxyl groups is 1. The van der Waals surface area contributed by atoms with Crippen molar-refractivity contribution < 1.29 is 20.2 Å². The van der Waals surface area contributed by atoms with Crippen molar-refractivity contribution in [1.82, 2.24) is 0 Å². The summed E-state index contributed by atoms with van der Waals surface area (Å²) in [5.74, 6) is -0.524. The molecule has 0 aliphatic rings. The number of aliphatic hydroxyl groups excluding tert-OH is 2. The predicted octanol–water partition coefficient (Wildman–Crippen LogP) is 1.40. The van der Waals surface area contributed by atoms with Gasteiger partial charge in [-0.3, -0.25) is 10.1 Å². The Bertz CT molecular complexity index is 515. The molecule has 0 amide bonds. The van der Waals surface area contributed by atoms with Gasteiger partial charge in [-0.1, -0.05) is 11.2 Å². The Labute approximate surface area is 107 Å². The van der Waals surface area contributed by atoms with E-state index >= 15 is 0 Å². The van der Waals surface area contributed by atoms with Crippen LogP contribution in [0.4, 0.5) is 5.69 Å². The molecule has 1 rings (SSSR count). The highest BCUT2D eigenvalue weighted by molar-refractivity contribution is 5.48. The average Bonchev–Trinajstić information content (AvgIpc) is 2.38. The van der Waals surface area contributed by atoms with Gasteiger partial charge in [0.25, 0.3) is 0 Å². The zero-order valence-electron chi connectivity index (χ0n) is 9.75. The molecule has 0 bridgehead atoms. The van der Waals surface area contributed by atoms with Gasteiger partial charge < -0.3 is 15.3 Å². The number of aliphatic hydroxyl groups is 2. The number of nitrogens with zero attached hydrogens (tertiary/aromatic N) is 4. The number of benzene rings is 1. The van der Waals surface area contributed by atoms with E-state index < -0.39 is 28.6 Å². The fourth-order valence-corrected chi connectivity index (χ4v) is 1.49. The van der Waals surface area contributed by atoms with Crippen LogP contribution in [-0.4, -0.2) is 32.9 Å². The molecule has 0 aromatic heterocycles. The molecule has 0 saturated heterocycles. The van der Waals surface area contributed by atoms with E-state index in [0.717, 1.165) is 12.1 Å². The van der Waals surface area contributed by atoms with E-state index in [-0.39, 0.29) is 18.5 Å². The third-order valence-corrected chi connectivity index (χ3v) is 2.49. The summed E-state index contributed by atoms with van der Waals surface area (Å²) >= 11 is 0. The predicted molar refractivity (Wildman–Crippen MR) is 64.4 cm³/mol. The fourth-order valence-electron chi connectivity index (χ4n) is 1.49. The van der Waals surface area contributed by atoms with Crippen LogP contribution in [0, 0.1) is 10.1 Å². The summed E-state index contributed by atoms with van der Waals surface area (Å²) in [7, 11) is 0.